The van der Waals surface area contributed by atoms with Gasteiger partial charge in [0, 0.05) is 27.7 Å². The summed E-state index contributed by atoms with van der Waals surface area (Å²) in [7, 11) is 1.51. The molecule has 26 heavy (non-hydrogen) atoms. The number of nitrogens with zero attached hydrogens (tertiary/aromatic N) is 1. The first-order valence-corrected chi connectivity index (χ1v) is 8.81. The average molecular weight is 348 g/mol. The summed E-state index contributed by atoms with van der Waals surface area (Å²) < 4.78 is 0. The number of aromatic nitrogens is 1. The van der Waals surface area contributed by atoms with Crippen LogP contribution in [-0.2, 0) is 11.2 Å². The van der Waals surface area contributed by atoms with Crippen molar-refractivity contribution >= 4 is 23.5 Å². The summed E-state index contributed by atoms with van der Waals surface area (Å²) in [4.78, 5) is 21.8. The van der Waals surface area contributed by atoms with Crippen molar-refractivity contribution in [2.75, 3.05) is 7.11 Å². The predicted molar refractivity (Wildman–Crippen MR) is 103 cm³/mol. The van der Waals surface area contributed by atoms with Crippen molar-refractivity contribution in [2.45, 2.75) is 26.0 Å². The number of benzene rings is 2. The van der Waals surface area contributed by atoms with Crippen LogP contribution in [0.4, 0.5) is 0 Å². The van der Waals surface area contributed by atoms with Crippen LogP contribution in [0.5, 0.6) is 5.75 Å². The first kappa shape index (κ1) is 16.7. The molecule has 0 saturated carbocycles. The lowest BCUT2D eigenvalue weighted by molar-refractivity contribution is -0.109. The van der Waals surface area contributed by atoms with E-state index in [2.05, 4.69) is 24.7 Å². The highest BCUT2D eigenvalue weighted by atomic mass is 16.7. The molecule has 1 unspecified atom stereocenters. The Morgan fingerprint density at radius 3 is 2.73 bits per heavy atom. The monoisotopic (exact) mass is 348 g/mol. The number of aromatic amines is 1. The van der Waals surface area contributed by atoms with Crippen molar-refractivity contribution in [1.82, 2.24) is 10.0 Å². The third-order valence-electron chi connectivity index (χ3n) is 4.91. The Labute approximate surface area is 152 Å². The number of carbonyl (C=O) groups excluding carboxylic acids is 1. The number of phenols is 1. The lowest BCUT2D eigenvalue weighted by atomic mass is 9.51. The number of hydrogen-bond donors (Lipinski definition) is 2. The molecule has 1 aliphatic heterocycles. The van der Waals surface area contributed by atoms with E-state index in [1.165, 1.54) is 18.2 Å². The second-order valence-electron chi connectivity index (χ2n) is 7.15. The molecule has 5 nitrogen and oxygen atoms in total. The highest BCUT2D eigenvalue weighted by Crippen LogP contribution is 2.44. The first-order chi connectivity index (χ1) is 12.5. The Hall–Kier alpha value is -2.73. The predicted octanol–water partition coefficient (Wildman–Crippen LogP) is 3.82. The van der Waals surface area contributed by atoms with Crippen LogP contribution in [0, 0.1) is 0 Å². The highest BCUT2D eigenvalue weighted by Gasteiger charge is 2.41. The van der Waals surface area contributed by atoms with Crippen LogP contribution in [0.1, 0.15) is 33.2 Å². The van der Waals surface area contributed by atoms with E-state index in [-0.39, 0.29) is 17.7 Å². The van der Waals surface area contributed by atoms with Gasteiger partial charge in [-0.05, 0) is 36.1 Å². The van der Waals surface area contributed by atoms with Crippen molar-refractivity contribution < 1.29 is 14.7 Å². The molecular formula is C20H21BN2O3. The summed E-state index contributed by atoms with van der Waals surface area (Å²) in [5.74, 6) is -0.0435. The summed E-state index contributed by atoms with van der Waals surface area (Å²) >= 11 is 0. The van der Waals surface area contributed by atoms with Gasteiger partial charge in [0.25, 0.3) is 5.91 Å². The number of phenolic OH excluding ortho intramolecular Hbond substituents is 1. The average Bonchev–Trinajstić information content (AvgIpc) is 3.08. The zero-order valence-electron chi connectivity index (χ0n) is 15.1. The number of para-hydroxylation sites is 1. The van der Waals surface area contributed by atoms with E-state index in [1.807, 2.05) is 18.2 Å². The van der Waals surface area contributed by atoms with Gasteiger partial charge in [-0.2, -0.15) is 0 Å². The van der Waals surface area contributed by atoms with Gasteiger partial charge in [-0.25, -0.2) is 5.06 Å². The maximum atomic E-state index is 12.8. The van der Waals surface area contributed by atoms with Gasteiger partial charge in [0.1, 0.15) is 18.5 Å². The molecule has 1 amide bonds. The normalized spacial score (nSPS) is 16.3. The molecule has 0 saturated heterocycles. The molecule has 0 bridgehead atoms. The fourth-order valence-corrected chi connectivity index (χ4v) is 3.90. The molecule has 1 aliphatic rings. The smallest absolute Gasteiger partial charge is 0.278 e. The molecule has 1 atom stereocenters. The van der Waals surface area contributed by atoms with Gasteiger partial charge in [0.15, 0.2) is 0 Å². The van der Waals surface area contributed by atoms with E-state index in [4.69, 9.17) is 4.84 Å². The topological polar surface area (TPSA) is 65.6 Å². The molecule has 2 aromatic carbocycles. The largest absolute Gasteiger partial charge is 0.508 e. The fourth-order valence-electron chi connectivity index (χ4n) is 3.90. The van der Waals surface area contributed by atoms with Crippen LogP contribution in [0.2, 0.25) is 13.6 Å². The van der Waals surface area contributed by atoms with E-state index in [9.17, 15) is 9.90 Å². The first-order valence-electron chi connectivity index (χ1n) is 8.81. The standard InChI is InChI=1S/C20H21BN2O3/c1-21(2)11-17-18(14-6-4-5-7-16(14)22-17)19-15-10-12(24)8-9-13(15)20(25)23(19)26-3/h4-10,19,22,24H,11H2,1-3H3. The maximum absolute atomic E-state index is 12.8. The van der Waals surface area contributed by atoms with Crippen molar-refractivity contribution in [3.8, 4) is 5.75 Å². The molecule has 132 valence electrons. The van der Waals surface area contributed by atoms with Crippen LogP contribution >= 0.6 is 0 Å². The number of nitrogens with one attached hydrogen (secondary N) is 1. The Morgan fingerprint density at radius 1 is 1.23 bits per heavy atom. The van der Waals surface area contributed by atoms with E-state index < -0.39 is 0 Å². The number of rotatable bonds is 4. The van der Waals surface area contributed by atoms with Gasteiger partial charge in [-0.1, -0.05) is 31.8 Å². The van der Waals surface area contributed by atoms with Gasteiger partial charge < -0.3 is 10.1 Å². The summed E-state index contributed by atoms with van der Waals surface area (Å²) in [5.41, 5.74) is 4.50. The molecule has 0 fully saturated rings. The third-order valence-corrected chi connectivity index (χ3v) is 4.91. The van der Waals surface area contributed by atoms with Gasteiger partial charge in [0.2, 0.25) is 0 Å². The van der Waals surface area contributed by atoms with Crippen LogP contribution in [0.3, 0.4) is 0 Å². The summed E-state index contributed by atoms with van der Waals surface area (Å²) in [5, 5.41) is 12.5. The van der Waals surface area contributed by atoms with Gasteiger partial charge in [-0.15, -0.1) is 0 Å². The Bertz CT molecular complexity index is 996. The van der Waals surface area contributed by atoms with Crippen LogP contribution in [-0.4, -0.2) is 34.9 Å². The highest BCUT2D eigenvalue weighted by molar-refractivity contribution is 6.55. The quantitative estimate of drug-likeness (QED) is 0.705. The van der Waals surface area contributed by atoms with Crippen LogP contribution < -0.4 is 0 Å². The number of hydrogen-bond acceptors (Lipinski definition) is 3. The minimum atomic E-state index is -0.389. The van der Waals surface area contributed by atoms with Crippen molar-refractivity contribution in [3.63, 3.8) is 0 Å². The number of H-pyrrole nitrogens is 1. The molecule has 3 aromatic rings. The third kappa shape index (κ3) is 2.49. The van der Waals surface area contributed by atoms with Gasteiger partial charge in [0.05, 0.1) is 7.11 Å². The van der Waals surface area contributed by atoms with Crippen molar-refractivity contribution in [3.05, 3.63) is 64.8 Å². The molecular weight excluding hydrogens is 327 g/mol. The van der Waals surface area contributed by atoms with E-state index in [0.29, 0.717) is 12.3 Å². The van der Waals surface area contributed by atoms with E-state index in [1.54, 1.807) is 12.1 Å². The number of hydroxylamine groups is 2. The summed E-state index contributed by atoms with van der Waals surface area (Å²) in [6.07, 6.45) is 0.862. The molecule has 6 heteroatoms. The second-order valence-corrected chi connectivity index (χ2v) is 7.15. The summed E-state index contributed by atoms with van der Waals surface area (Å²) in [6.45, 7) is 4.80. The lowest BCUT2D eigenvalue weighted by Gasteiger charge is -2.24. The SMILES string of the molecule is CON1C(=O)c2ccc(O)cc2C1c1c(CB(C)C)[nH]c2ccccc12. The van der Waals surface area contributed by atoms with Gasteiger partial charge in [-0.3, -0.25) is 9.63 Å². The van der Waals surface area contributed by atoms with E-state index >= 15 is 0 Å². The molecule has 0 spiro atoms. The summed E-state index contributed by atoms with van der Waals surface area (Å²) in [6, 6.07) is 12.6. The molecule has 2 N–H and O–H groups in total. The van der Waals surface area contributed by atoms with E-state index in [0.717, 1.165) is 34.0 Å². The second kappa shape index (κ2) is 6.22. The Kier molecular flexibility index (Phi) is 4.00. The molecule has 1 aromatic heterocycles. The number of amides is 1. The maximum Gasteiger partial charge on any atom is 0.278 e. The molecule has 2 heterocycles. The number of aromatic hydroxyl groups is 1. The molecule has 4 rings (SSSR count). The minimum absolute atomic E-state index is 0.143. The minimum Gasteiger partial charge on any atom is -0.508 e. The number of fused-ring (bicyclic) bond motifs is 2. The van der Waals surface area contributed by atoms with Crippen molar-refractivity contribution in [1.29, 1.82) is 0 Å². The zero-order chi connectivity index (χ0) is 18.4. The van der Waals surface area contributed by atoms with Crippen molar-refractivity contribution in [2.24, 2.45) is 0 Å². The fraction of sp³-hybridized carbons (Fsp3) is 0.250. The Balaban J connectivity index is 1.99. The lowest BCUT2D eigenvalue weighted by Crippen LogP contribution is -2.28. The number of carbonyl (C=O) groups is 1. The van der Waals surface area contributed by atoms with Gasteiger partial charge >= 0.3 is 0 Å². The van der Waals surface area contributed by atoms with Crippen LogP contribution in [0.25, 0.3) is 10.9 Å². The molecule has 0 aliphatic carbocycles. The van der Waals surface area contributed by atoms with Crippen LogP contribution in [0.15, 0.2) is 42.5 Å². The Morgan fingerprint density at radius 2 is 2.00 bits per heavy atom. The molecule has 0 radical (unpaired) electrons. The zero-order valence-corrected chi connectivity index (χ0v) is 15.1.